The molecule has 1 amide bonds. The van der Waals surface area contributed by atoms with Gasteiger partial charge in [0.1, 0.15) is 11.4 Å². The molecule has 6 heteroatoms. The van der Waals surface area contributed by atoms with E-state index in [1.54, 1.807) is 16.0 Å². The highest BCUT2D eigenvalue weighted by Crippen LogP contribution is 2.24. The highest BCUT2D eigenvalue weighted by Gasteiger charge is 2.24. The molecule has 2 aromatic heterocycles. The number of aromatic nitrogens is 2. The van der Waals surface area contributed by atoms with Crippen molar-refractivity contribution < 1.29 is 4.79 Å². The van der Waals surface area contributed by atoms with Crippen molar-refractivity contribution >= 4 is 17.2 Å². The number of carbonyl (C=O) groups is 1. The third-order valence-corrected chi connectivity index (χ3v) is 5.18. The molecule has 3 rings (SSSR count). The summed E-state index contributed by atoms with van der Waals surface area (Å²) in [4.78, 5) is 15.9. The van der Waals surface area contributed by atoms with Gasteiger partial charge in [0.25, 0.3) is 5.91 Å². The second-order valence-electron chi connectivity index (χ2n) is 5.65. The Morgan fingerprint density at radius 1 is 1.55 bits per heavy atom. The minimum Gasteiger partial charge on any atom is -0.349 e. The highest BCUT2D eigenvalue weighted by atomic mass is 32.1. The van der Waals surface area contributed by atoms with Crippen LogP contribution in [0.1, 0.15) is 30.3 Å². The molecule has 0 bridgehead atoms. The summed E-state index contributed by atoms with van der Waals surface area (Å²) in [6, 6.07) is 6.35. The third kappa shape index (κ3) is 3.08. The molecule has 1 atom stereocenters. The van der Waals surface area contributed by atoms with E-state index in [1.165, 1.54) is 12.8 Å². The van der Waals surface area contributed by atoms with Crippen molar-refractivity contribution in [2.24, 2.45) is 7.05 Å². The molecule has 2 aromatic rings. The third-order valence-electron chi connectivity index (χ3n) is 4.29. The number of aryl methyl sites for hydroxylation is 1. The van der Waals surface area contributed by atoms with Crippen molar-refractivity contribution in [2.45, 2.75) is 25.8 Å². The number of rotatable bonds is 5. The van der Waals surface area contributed by atoms with Gasteiger partial charge in [0, 0.05) is 19.6 Å². The molecule has 118 valence electrons. The summed E-state index contributed by atoms with van der Waals surface area (Å²) < 4.78 is 1.66. The molecule has 0 radical (unpaired) electrons. The predicted octanol–water partition coefficient (Wildman–Crippen LogP) is 2.36. The van der Waals surface area contributed by atoms with Gasteiger partial charge in [-0.1, -0.05) is 13.0 Å². The average Bonchev–Trinajstić information content (AvgIpc) is 3.24. The number of carbonyl (C=O) groups excluding carboxylic acids is 1. The first-order valence-electron chi connectivity index (χ1n) is 7.79. The first-order valence-corrected chi connectivity index (χ1v) is 8.67. The van der Waals surface area contributed by atoms with E-state index < -0.39 is 0 Å². The molecular weight excluding hydrogens is 296 g/mol. The molecule has 22 heavy (non-hydrogen) atoms. The van der Waals surface area contributed by atoms with Crippen LogP contribution in [0.3, 0.4) is 0 Å². The van der Waals surface area contributed by atoms with Crippen molar-refractivity contribution in [3.05, 3.63) is 29.3 Å². The van der Waals surface area contributed by atoms with Gasteiger partial charge in [-0.2, -0.15) is 5.10 Å². The normalized spacial score (nSPS) is 18.7. The largest absolute Gasteiger partial charge is 0.349 e. The molecule has 5 nitrogen and oxygen atoms in total. The zero-order valence-electron chi connectivity index (χ0n) is 13.1. The molecule has 0 spiro atoms. The van der Waals surface area contributed by atoms with Crippen LogP contribution in [-0.4, -0.2) is 46.3 Å². The first kappa shape index (κ1) is 15.2. The van der Waals surface area contributed by atoms with Gasteiger partial charge in [0.05, 0.1) is 4.88 Å². The standard InChI is InChI=1S/C16H22N4OS/c1-3-20-8-4-6-12(20)11-17-16(21)14-10-13(18-19(14)2)15-7-5-9-22-15/h5,7,9-10,12H,3-4,6,8,11H2,1-2H3,(H,17,21)/t12-/m0/s1. The van der Waals surface area contributed by atoms with Crippen LogP contribution in [0, 0.1) is 0 Å². The van der Waals surface area contributed by atoms with Crippen LogP contribution in [-0.2, 0) is 7.05 Å². The Labute approximate surface area is 134 Å². The number of nitrogens with zero attached hydrogens (tertiary/aromatic N) is 3. The van der Waals surface area contributed by atoms with Crippen molar-refractivity contribution in [1.82, 2.24) is 20.0 Å². The summed E-state index contributed by atoms with van der Waals surface area (Å²) in [6.07, 6.45) is 2.39. The van der Waals surface area contributed by atoms with E-state index in [0.29, 0.717) is 18.3 Å². The van der Waals surface area contributed by atoms with E-state index in [9.17, 15) is 4.79 Å². The number of thiophene rings is 1. The van der Waals surface area contributed by atoms with Crippen LogP contribution in [0.15, 0.2) is 23.6 Å². The summed E-state index contributed by atoms with van der Waals surface area (Å²) in [5, 5.41) is 9.52. The van der Waals surface area contributed by atoms with Crippen molar-refractivity contribution in [3.63, 3.8) is 0 Å². The SMILES string of the molecule is CCN1CCC[C@H]1CNC(=O)c1cc(-c2cccs2)nn1C. The van der Waals surface area contributed by atoms with E-state index in [1.807, 2.05) is 30.6 Å². The van der Waals surface area contributed by atoms with Crippen molar-refractivity contribution in [1.29, 1.82) is 0 Å². The Hall–Kier alpha value is -1.66. The fourth-order valence-electron chi connectivity index (χ4n) is 3.07. The van der Waals surface area contributed by atoms with Gasteiger partial charge in [-0.05, 0) is 43.4 Å². The Balaban J connectivity index is 1.65. The molecular formula is C16H22N4OS. The lowest BCUT2D eigenvalue weighted by Gasteiger charge is -2.22. The summed E-state index contributed by atoms with van der Waals surface area (Å²) >= 11 is 1.63. The summed E-state index contributed by atoms with van der Waals surface area (Å²) in [5.74, 6) is -0.0410. The lowest BCUT2D eigenvalue weighted by atomic mass is 10.2. The van der Waals surface area contributed by atoms with Crippen LogP contribution in [0.2, 0.25) is 0 Å². The van der Waals surface area contributed by atoms with E-state index in [2.05, 4.69) is 22.2 Å². The summed E-state index contributed by atoms with van der Waals surface area (Å²) in [7, 11) is 1.82. The number of nitrogens with one attached hydrogen (secondary N) is 1. The van der Waals surface area contributed by atoms with Gasteiger partial charge >= 0.3 is 0 Å². The van der Waals surface area contributed by atoms with E-state index in [4.69, 9.17) is 0 Å². The monoisotopic (exact) mass is 318 g/mol. The van der Waals surface area contributed by atoms with Gasteiger partial charge in [0.2, 0.25) is 0 Å². The zero-order chi connectivity index (χ0) is 15.5. The highest BCUT2D eigenvalue weighted by molar-refractivity contribution is 7.13. The summed E-state index contributed by atoms with van der Waals surface area (Å²) in [5.41, 5.74) is 1.48. The Bertz CT molecular complexity index is 635. The van der Waals surface area contributed by atoms with Crippen molar-refractivity contribution in [3.8, 4) is 10.6 Å². The fraction of sp³-hybridized carbons (Fsp3) is 0.500. The van der Waals surface area contributed by atoms with Gasteiger partial charge in [-0.25, -0.2) is 0 Å². The maximum atomic E-state index is 12.4. The Kier molecular flexibility index (Phi) is 4.59. The lowest BCUT2D eigenvalue weighted by Crippen LogP contribution is -2.40. The predicted molar refractivity (Wildman–Crippen MR) is 89.1 cm³/mol. The smallest absolute Gasteiger partial charge is 0.269 e. The molecule has 3 heterocycles. The maximum Gasteiger partial charge on any atom is 0.269 e. The molecule has 1 fully saturated rings. The minimum atomic E-state index is -0.0410. The fourth-order valence-corrected chi connectivity index (χ4v) is 3.75. The number of hydrogen-bond donors (Lipinski definition) is 1. The second kappa shape index (κ2) is 6.62. The minimum absolute atomic E-state index is 0.0410. The number of hydrogen-bond acceptors (Lipinski definition) is 4. The molecule has 0 saturated carbocycles. The quantitative estimate of drug-likeness (QED) is 0.921. The zero-order valence-corrected chi connectivity index (χ0v) is 13.9. The number of likely N-dealkylation sites (N-methyl/N-ethyl adjacent to an activating group) is 1. The first-order chi connectivity index (χ1) is 10.7. The molecule has 1 saturated heterocycles. The molecule has 0 aromatic carbocycles. The molecule has 1 aliphatic rings. The average molecular weight is 318 g/mol. The topological polar surface area (TPSA) is 50.2 Å². The van der Waals surface area contributed by atoms with Gasteiger partial charge in [-0.3, -0.25) is 14.4 Å². The second-order valence-corrected chi connectivity index (χ2v) is 6.60. The van der Waals surface area contributed by atoms with E-state index in [-0.39, 0.29) is 5.91 Å². The number of likely N-dealkylation sites (tertiary alicyclic amines) is 1. The molecule has 0 aliphatic carbocycles. The van der Waals surface area contributed by atoms with Gasteiger partial charge in [-0.15, -0.1) is 11.3 Å². The van der Waals surface area contributed by atoms with Crippen LogP contribution in [0.5, 0.6) is 0 Å². The van der Waals surface area contributed by atoms with Gasteiger partial charge < -0.3 is 5.32 Å². The van der Waals surface area contributed by atoms with E-state index in [0.717, 1.165) is 23.7 Å². The van der Waals surface area contributed by atoms with Crippen LogP contribution >= 0.6 is 11.3 Å². The Morgan fingerprint density at radius 2 is 2.41 bits per heavy atom. The Morgan fingerprint density at radius 3 is 3.14 bits per heavy atom. The number of amides is 1. The maximum absolute atomic E-state index is 12.4. The summed E-state index contributed by atoms with van der Waals surface area (Å²) in [6.45, 7) is 5.08. The molecule has 1 N–H and O–H groups in total. The molecule has 1 aliphatic heterocycles. The van der Waals surface area contributed by atoms with Crippen molar-refractivity contribution in [2.75, 3.05) is 19.6 Å². The van der Waals surface area contributed by atoms with Gasteiger partial charge in [0.15, 0.2) is 0 Å². The van der Waals surface area contributed by atoms with Crippen LogP contribution in [0.4, 0.5) is 0 Å². The van der Waals surface area contributed by atoms with E-state index >= 15 is 0 Å². The van der Waals surface area contributed by atoms with Crippen LogP contribution < -0.4 is 5.32 Å². The lowest BCUT2D eigenvalue weighted by molar-refractivity contribution is 0.0932. The van der Waals surface area contributed by atoms with Crippen LogP contribution in [0.25, 0.3) is 10.6 Å². The molecule has 0 unspecified atom stereocenters.